The van der Waals surface area contributed by atoms with Crippen LogP contribution in [-0.2, 0) is 14.4 Å². The van der Waals surface area contributed by atoms with Gasteiger partial charge in [0.25, 0.3) is 0 Å². The van der Waals surface area contributed by atoms with Crippen molar-refractivity contribution in [2.24, 2.45) is 5.92 Å². The molecular weight excluding hydrogens is 222 g/mol. The summed E-state index contributed by atoms with van der Waals surface area (Å²) in [5, 5.41) is 5.05. The van der Waals surface area contributed by atoms with Crippen molar-refractivity contribution >= 4 is 17.7 Å². The fraction of sp³-hybridized carbons (Fsp3) is 0.727. The van der Waals surface area contributed by atoms with Gasteiger partial charge in [0.2, 0.25) is 17.7 Å². The molecule has 0 aliphatic heterocycles. The Morgan fingerprint density at radius 3 is 2.41 bits per heavy atom. The molecule has 96 valence electrons. The van der Waals surface area contributed by atoms with Gasteiger partial charge in [0, 0.05) is 19.5 Å². The van der Waals surface area contributed by atoms with Crippen molar-refractivity contribution in [1.29, 1.82) is 0 Å². The Bertz CT molecular complexity index is 313. The second-order valence-electron chi connectivity index (χ2n) is 4.07. The Hall–Kier alpha value is -1.59. The molecule has 0 atom stereocenters. The summed E-state index contributed by atoms with van der Waals surface area (Å²) < 4.78 is 0. The van der Waals surface area contributed by atoms with Crippen LogP contribution < -0.4 is 10.6 Å². The summed E-state index contributed by atoms with van der Waals surface area (Å²) in [6, 6.07) is 0. The molecule has 6 heteroatoms. The average Bonchev–Trinajstić information content (AvgIpc) is 3.16. The van der Waals surface area contributed by atoms with E-state index < -0.39 is 0 Å². The molecule has 0 aromatic carbocycles. The minimum atomic E-state index is -0.231. The largest absolute Gasteiger partial charge is 0.358 e. The molecule has 1 saturated carbocycles. The zero-order valence-electron chi connectivity index (χ0n) is 10.3. The molecule has 1 rings (SSSR count). The maximum absolute atomic E-state index is 11.7. The number of hydrogen-bond acceptors (Lipinski definition) is 3. The number of nitrogens with one attached hydrogen (secondary N) is 2. The van der Waals surface area contributed by atoms with Crippen LogP contribution in [0.3, 0.4) is 0 Å². The monoisotopic (exact) mass is 241 g/mol. The molecule has 6 nitrogen and oxygen atoms in total. The zero-order valence-corrected chi connectivity index (χ0v) is 10.3. The Kier molecular flexibility index (Phi) is 4.93. The van der Waals surface area contributed by atoms with Crippen LogP contribution in [0.15, 0.2) is 0 Å². The third-order valence-electron chi connectivity index (χ3n) is 2.71. The molecule has 0 aromatic rings. The molecule has 1 aliphatic carbocycles. The first kappa shape index (κ1) is 13.5. The SMILES string of the molecule is CCN(CC(=O)NC)C(=O)CNC(=O)C1CC1. The lowest BCUT2D eigenvalue weighted by Crippen LogP contribution is -2.44. The first-order valence-corrected chi connectivity index (χ1v) is 5.84. The number of amides is 3. The second-order valence-corrected chi connectivity index (χ2v) is 4.07. The summed E-state index contributed by atoms with van der Waals surface area (Å²) in [5.74, 6) is -0.412. The van der Waals surface area contributed by atoms with Gasteiger partial charge < -0.3 is 15.5 Å². The van der Waals surface area contributed by atoms with Crippen LogP contribution in [0.25, 0.3) is 0 Å². The van der Waals surface area contributed by atoms with Gasteiger partial charge >= 0.3 is 0 Å². The topological polar surface area (TPSA) is 78.5 Å². The molecule has 1 aliphatic rings. The Balaban J connectivity index is 2.32. The van der Waals surface area contributed by atoms with Crippen LogP contribution in [0.5, 0.6) is 0 Å². The van der Waals surface area contributed by atoms with Gasteiger partial charge in [-0.1, -0.05) is 0 Å². The molecule has 17 heavy (non-hydrogen) atoms. The minimum absolute atomic E-state index is 0.0276. The van der Waals surface area contributed by atoms with Gasteiger partial charge in [0.05, 0.1) is 13.1 Å². The van der Waals surface area contributed by atoms with Gasteiger partial charge in [-0.2, -0.15) is 0 Å². The number of rotatable bonds is 6. The van der Waals surface area contributed by atoms with Crippen LogP contribution >= 0.6 is 0 Å². The zero-order chi connectivity index (χ0) is 12.8. The molecular formula is C11H19N3O3. The van der Waals surface area contributed by atoms with E-state index in [0.29, 0.717) is 6.54 Å². The first-order chi connectivity index (χ1) is 8.08. The standard InChI is InChI=1S/C11H19N3O3/c1-3-14(7-9(15)12-2)10(16)6-13-11(17)8-4-5-8/h8H,3-7H2,1-2H3,(H,12,15)(H,13,17). The highest BCUT2D eigenvalue weighted by Crippen LogP contribution is 2.28. The summed E-state index contributed by atoms with van der Waals surface area (Å²) in [5.41, 5.74) is 0. The number of nitrogens with zero attached hydrogens (tertiary/aromatic N) is 1. The quantitative estimate of drug-likeness (QED) is 0.633. The first-order valence-electron chi connectivity index (χ1n) is 5.84. The summed E-state index contributed by atoms with van der Waals surface area (Å²) >= 11 is 0. The van der Waals surface area contributed by atoms with E-state index in [1.54, 1.807) is 6.92 Å². The van der Waals surface area contributed by atoms with Gasteiger partial charge in [-0.25, -0.2) is 0 Å². The summed E-state index contributed by atoms with van der Waals surface area (Å²) in [6.45, 7) is 2.25. The lowest BCUT2D eigenvalue weighted by Gasteiger charge is -2.19. The van der Waals surface area contributed by atoms with Crippen LogP contribution in [0.1, 0.15) is 19.8 Å². The lowest BCUT2D eigenvalue weighted by molar-refractivity contribution is -0.136. The second kappa shape index (κ2) is 6.22. The third kappa shape index (κ3) is 4.42. The summed E-state index contributed by atoms with van der Waals surface area (Å²) in [6.07, 6.45) is 1.82. The predicted octanol–water partition coefficient (Wildman–Crippen LogP) is -0.893. The number of carbonyl (C=O) groups excluding carboxylic acids is 3. The fourth-order valence-corrected chi connectivity index (χ4v) is 1.39. The van der Waals surface area contributed by atoms with Gasteiger partial charge in [-0.3, -0.25) is 14.4 Å². The predicted molar refractivity (Wildman–Crippen MR) is 62.1 cm³/mol. The molecule has 0 unspecified atom stereocenters. The molecule has 0 aromatic heterocycles. The minimum Gasteiger partial charge on any atom is -0.358 e. The van der Waals surface area contributed by atoms with E-state index in [1.165, 1.54) is 11.9 Å². The van der Waals surface area contributed by atoms with E-state index in [9.17, 15) is 14.4 Å². The fourth-order valence-electron chi connectivity index (χ4n) is 1.39. The summed E-state index contributed by atoms with van der Waals surface area (Å²) in [7, 11) is 1.52. The maximum atomic E-state index is 11.7. The molecule has 3 amide bonds. The van der Waals surface area contributed by atoms with Crippen molar-refractivity contribution in [3.63, 3.8) is 0 Å². The van der Waals surface area contributed by atoms with Crippen molar-refractivity contribution < 1.29 is 14.4 Å². The highest BCUT2D eigenvalue weighted by atomic mass is 16.2. The van der Waals surface area contributed by atoms with Crippen molar-refractivity contribution in [2.45, 2.75) is 19.8 Å². The summed E-state index contributed by atoms with van der Waals surface area (Å²) in [4.78, 5) is 35.6. The number of carbonyl (C=O) groups is 3. The van der Waals surface area contributed by atoms with E-state index in [4.69, 9.17) is 0 Å². The average molecular weight is 241 g/mol. The van der Waals surface area contributed by atoms with Crippen molar-refractivity contribution in [1.82, 2.24) is 15.5 Å². The molecule has 1 fully saturated rings. The van der Waals surface area contributed by atoms with E-state index in [2.05, 4.69) is 10.6 Å². The lowest BCUT2D eigenvalue weighted by atomic mass is 10.3. The smallest absolute Gasteiger partial charge is 0.242 e. The normalized spacial score (nSPS) is 14.0. The molecule has 0 radical (unpaired) electrons. The van der Waals surface area contributed by atoms with Crippen molar-refractivity contribution in [3.8, 4) is 0 Å². The third-order valence-corrected chi connectivity index (χ3v) is 2.71. The van der Waals surface area contributed by atoms with Gasteiger partial charge in [-0.05, 0) is 19.8 Å². The van der Waals surface area contributed by atoms with Crippen LogP contribution in [0, 0.1) is 5.92 Å². The Morgan fingerprint density at radius 1 is 1.29 bits per heavy atom. The van der Waals surface area contributed by atoms with Gasteiger partial charge in [-0.15, -0.1) is 0 Å². The van der Waals surface area contributed by atoms with Crippen molar-refractivity contribution in [3.05, 3.63) is 0 Å². The van der Waals surface area contributed by atoms with E-state index >= 15 is 0 Å². The highest BCUT2D eigenvalue weighted by molar-refractivity contribution is 5.89. The Labute approximate surface area is 101 Å². The Morgan fingerprint density at radius 2 is 1.94 bits per heavy atom. The molecule has 0 heterocycles. The maximum Gasteiger partial charge on any atom is 0.242 e. The van der Waals surface area contributed by atoms with Gasteiger partial charge in [0.15, 0.2) is 0 Å². The number of hydrogen-bond donors (Lipinski definition) is 2. The van der Waals surface area contributed by atoms with E-state index in [0.717, 1.165) is 12.8 Å². The highest BCUT2D eigenvalue weighted by Gasteiger charge is 2.29. The van der Waals surface area contributed by atoms with Gasteiger partial charge in [0.1, 0.15) is 0 Å². The molecule has 0 bridgehead atoms. The molecule has 0 spiro atoms. The van der Waals surface area contributed by atoms with E-state index in [1.807, 2.05) is 0 Å². The molecule has 0 saturated heterocycles. The molecule has 2 N–H and O–H groups in total. The van der Waals surface area contributed by atoms with Crippen LogP contribution in [-0.4, -0.2) is 49.3 Å². The number of likely N-dealkylation sites (N-methyl/N-ethyl adjacent to an activating group) is 2. The van der Waals surface area contributed by atoms with Crippen molar-refractivity contribution in [2.75, 3.05) is 26.7 Å². The van der Waals surface area contributed by atoms with Crippen LogP contribution in [0.4, 0.5) is 0 Å². The van der Waals surface area contributed by atoms with Crippen LogP contribution in [0.2, 0.25) is 0 Å². The van der Waals surface area contributed by atoms with E-state index in [-0.39, 0.29) is 36.7 Å².